The molecule has 2 N–H and O–H groups in total. The van der Waals surface area contributed by atoms with Gasteiger partial charge in [-0.05, 0) is 74.8 Å². The number of aliphatic hydroxyl groups excluding tert-OH is 1. The molecule has 0 spiro atoms. The van der Waals surface area contributed by atoms with Gasteiger partial charge in [0.2, 0.25) is 5.91 Å². The molecule has 0 heterocycles. The standard InChI is InChI=1S/C26H40N2O3/c1-6-28(7-2)25(31)17(3)20-13-15-26(5)16-14-21(18(4)22(26)23(20)29)27-24(30)19-11-9-8-10-12-19/h8-12,17-18,20-23,29H,6-7,13-16H2,1-5H3,(H,27,30)/t17-,18+,20+,21-,22+,23-,26+/m0/s1. The van der Waals surface area contributed by atoms with E-state index in [0.29, 0.717) is 18.7 Å². The summed E-state index contributed by atoms with van der Waals surface area (Å²) in [4.78, 5) is 27.6. The minimum atomic E-state index is -0.528. The number of benzene rings is 1. The molecule has 3 rings (SSSR count). The zero-order valence-corrected chi connectivity index (χ0v) is 19.8. The van der Waals surface area contributed by atoms with E-state index in [2.05, 4.69) is 19.2 Å². The first-order valence-electron chi connectivity index (χ1n) is 12.1. The van der Waals surface area contributed by atoms with Crippen molar-refractivity contribution in [3.8, 4) is 0 Å². The number of nitrogens with one attached hydrogen (secondary N) is 1. The summed E-state index contributed by atoms with van der Waals surface area (Å²) in [6.07, 6.45) is 3.30. The summed E-state index contributed by atoms with van der Waals surface area (Å²) in [5.41, 5.74) is 0.727. The van der Waals surface area contributed by atoms with Gasteiger partial charge in [0.15, 0.2) is 0 Å². The van der Waals surface area contributed by atoms with Gasteiger partial charge in [0.05, 0.1) is 6.10 Å². The Morgan fingerprint density at radius 2 is 1.77 bits per heavy atom. The normalized spacial score (nSPS) is 33.8. The van der Waals surface area contributed by atoms with Crippen molar-refractivity contribution in [3.05, 3.63) is 35.9 Å². The predicted octanol–water partition coefficient (Wildman–Crippen LogP) is 4.11. The van der Waals surface area contributed by atoms with Crippen LogP contribution in [0.15, 0.2) is 30.3 Å². The highest BCUT2D eigenvalue weighted by Crippen LogP contribution is 2.55. The van der Waals surface area contributed by atoms with Crippen LogP contribution in [-0.2, 0) is 4.79 Å². The molecular weight excluding hydrogens is 388 g/mol. The van der Waals surface area contributed by atoms with Gasteiger partial charge in [-0.15, -0.1) is 0 Å². The summed E-state index contributed by atoms with van der Waals surface area (Å²) in [5.74, 6) is 0.110. The van der Waals surface area contributed by atoms with E-state index >= 15 is 0 Å². The maximum Gasteiger partial charge on any atom is 0.251 e. The molecule has 5 nitrogen and oxygen atoms in total. The van der Waals surface area contributed by atoms with Crippen molar-refractivity contribution in [2.24, 2.45) is 29.1 Å². The number of carbonyl (C=O) groups is 2. The molecule has 0 aliphatic heterocycles. The monoisotopic (exact) mass is 428 g/mol. The molecule has 0 unspecified atom stereocenters. The minimum Gasteiger partial charge on any atom is -0.392 e. The Morgan fingerprint density at radius 3 is 2.39 bits per heavy atom. The van der Waals surface area contributed by atoms with Gasteiger partial charge in [-0.25, -0.2) is 0 Å². The number of nitrogens with zero attached hydrogens (tertiary/aromatic N) is 1. The van der Waals surface area contributed by atoms with Crippen LogP contribution in [0.3, 0.4) is 0 Å². The lowest BCUT2D eigenvalue weighted by atomic mass is 9.51. The third-order valence-corrected chi connectivity index (χ3v) is 8.35. The van der Waals surface area contributed by atoms with Crippen LogP contribution in [-0.4, -0.2) is 47.1 Å². The third kappa shape index (κ3) is 4.67. The highest BCUT2D eigenvalue weighted by molar-refractivity contribution is 5.94. The highest BCUT2D eigenvalue weighted by Gasteiger charge is 2.54. The van der Waals surface area contributed by atoms with E-state index in [1.165, 1.54) is 0 Å². The fraction of sp³-hybridized carbons (Fsp3) is 0.692. The van der Waals surface area contributed by atoms with E-state index in [4.69, 9.17) is 0 Å². The topological polar surface area (TPSA) is 69.6 Å². The zero-order valence-electron chi connectivity index (χ0n) is 19.8. The third-order valence-electron chi connectivity index (χ3n) is 8.35. The summed E-state index contributed by atoms with van der Waals surface area (Å²) >= 11 is 0. The fourth-order valence-electron chi connectivity index (χ4n) is 6.35. The first kappa shape index (κ1) is 23.8. The van der Waals surface area contributed by atoms with E-state index in [0.717, 1.165) is 25.7 Å². The van der Waals surface area contributed by atoms with Crippen molar-refractivity contribution in [1.29, 1.82) is 0 Å². The van der Waals surface area contributed by atoms with Crippen LogP contribution < -0.4 is 5.32 Å². The Kier molecular flexibility index (Phi) is 7.46. The van der Waals surface area contributed by atoms with Gasteiger partial charge in [0.25, 0.3) is 5.91 Å². The fourth-order valence-corrected chi connectivity index (χ4v) is 6.35. The highest BCUT2D eigenvalue weighted by atomic mass is 16.3. The molecule has 2 saturated carbocycles. The van der Waals surface area contributed by atoms with Crippen LogP contribution in [0, 0.1) is 29.1 Å². The predicted molar refractivity (Wildman–Crippen MR) is 124 cm³/mol. The number of hydrogen-bond donors (Lipinski definition) is 2. The second kappa shape index (κ2) is 9.72. The lowest BCUT2D eigenvalue weighted by Gasteiger charge is -2.56. The summed E-state index contributed by atoms with van der Waals surface area (Å²) in [6, 6.07) is 9.36. The molecule has 7 atom stereocenters. The quantitative estimate of drug-likeness (QED) is 0.716. The smallest absolute Gasteiger partial charge is 0.251 e. The van der Waals surface area contributed by atoms with Crippen LogP contribution >= 0.6 is 0 Å². The molecule has 172 valence electrons. The van der Waals surface area contributed by atoms with E-state index < -0.39 is 6.10 Å². The Bertz CT molecular complexity index is 763. The van der Waals surface area contributed by atoms with Crippen LogP contribution in [0.25, 0.3) is 0 Å². The number of fused-ring (bicyclic) bond motifs is 1. The Morgan fingerprint density at radius 1 is 1.16 bits per heavy atom. The molecule has 5 heteroatoms. The summed E-state index contributed by atoms with van der Waals surface area (Å²) in [5, 5.41) is 14.8. The van der Waals surface area contributed by atoms with Gasteiger partial charge < -0.3 is 15.3 Å². The van der Waals surface area contributed by atoms with Crippen LogP contribution in [0.2, 0.25) is 0 Å². The zero-order chi connectivity index (χ0) is 22.8. The van der Waals surface area contributed by atoms with Gasteiger partial charge in [-0.3, -0.25) is 9.59 Å². The van der Waals surface area contributed by atoms with Gasteiger partial charge in [-0.2, -0.15) is 0 Å². The van der Waals surface area contributed by atoms with Crippen LogP contribution in [0.4, 0.5) is 0 Å². The maximum absolute atomic E-state index is 13.0. The Hall–Kier alpha value is -1.88. The Labute approximate surface area is 187 Å². The van der Waals surface area contributed by atoms with Crippen molar-refractivity contribution in [3.63, 3.8) is 0 Å². The average Bonchev–Trinajstić information content (AvgIpc) is 2.76. The number of carbonyl (C=O) groups excluding carboxylic acids is 2. The van der Waals surface area contributed by atoms with E-state index in [-0.39, 0.29) is 46.9 Å². The van der Waals surface area contributed by atoms with Gasteiger partial charge >= 0.3 is 0 Å². The second-order valence-corrected chi connectivity index (χ2v) is 10.0. The van der Waals surface area contributed by atoms with Crippen molar-refractivity contribution >= 4 is 11.8 Å². The Balaban J connectivity index is 1.75. The van der Waals surface area contributed by atoms with E-state index in [1.54, 1.807) is 0 Å². The molecule has 2 fully saturated rings. The molecule has 1 aromatic rings. The molecule has 2 aliphatic carbocycles. The number of amides is 2. The molecular formula is C26H40N2O3. The van der Waals surface area contributed by atoms with Gasteiger partial charge in [-0.1, -0.05) is 39.0 Å². The largest absolute Gasteiger partial charge is 0.392 e. The van der Waals surface area contributed by atoms with Crippen LogP contribution in [0.1, 0.15) is 70.7 Å². The molecule has 1 aromatic carbocycles. The molecule has 0 aromatic heterocycles. The molecule has 0 radical (unpaired) electrons. The molecule has 0 saturated heterocycles. The minimum absolute atomic E-state index is 0.0304. The van der Waals surface area contributed by atoms with Gasteiger partial charge in [0, 0.05) is 30.6 Å². The lowest BCUT2D eigenvalue weighted by Crippen LogP contribution is -2.58. The molecule has 2 amide bonds. The summed E-state index contributed by atoms with van der Waals surface area (Å²) in [7, 11) is 0. The SMILES string of the molecule is CCN(CC)C(=O)[C@@H](C)[C@H]1CC[C@]2(C)CC[C@H](NC(=O)c3ccccc3)[C@@H](C)[C@@H]2[C@H]1O. The van der Waals surface area contributed by atoms with E-state index in [1.807, 2.05) is 56.0 Å². The molecule has 0 bridgehead atoms. The first-order chi connectivity index (χ1) is 14.7. The maximum atomic E-state index is 13.0. The molecule has 31 heavy (non-hydrogen) atoms. The van der Waals surface area contributed by atoms with Crippen molar-refractivity contribution in [2.45, 2.75) is 72.4 Å². The first-order valence-corrected chi connectivity index (χ1v) is 12.1. The summed E-state index contributed by atoms with van der Waals surface area (Å²) < 4.78 is 0. The molecule has 2 aliphatic rings. The van der Waals surface area contributed by atoms with Crippen molar-refractivity contribution in [2.75, 3.05) is 13.1 Å². The van der Waals surface area contributed by atoms with Crippen LogP contribution in [0.5, 0.6) is 0 Å². The average molecular weight is 429 g/mol. The number of aliphatic hydroxyl groups is 1. The lowest BCUT2D eigenvalue weighted by molar-refractivity contribution is -0.149. The summed E-state index contributed by atoms with van der Waals surface area (Å²) in [6.45, 7) is 11.9. The van der Waals surface area contributed by atoms with Gasteiger partial charge in [0.1, 0.15) is 0 Å². The van der Waals surface area contributed by atoms with E-state index in [9.17, 15) is 14.7 Å². The van der Waals surface area contributed by atoms with Crippen molar-refractivity contribution in [1.82, 2.24) is 10.2 Å². The second-order valence-electron chi connectivity index (χ2n) is 10.0. The number of hydrogen-bond acceptors (Lipinski definition) is 3. The number of rotatable bonds is 6. The van der Waals surface area contributed by atoms with Crippen molar-refractivity contribution < 1.29 is 14.7 Å².